The summed E-state index contributed by atoms with van der Waals surface area (Å²) in [5, 5.41) is 18.9. The summed E-state index contributed by atoms with van der Waals surface area (Å²) in [7, 11) is 0. The number of fused-ring (bicyclic) bond motifs is 1. The van der Waals surface area contributed by atoms with Crippen LogP contribution >= 0.6 is 0 Å². The molecule has 1 atom stereocenters. The van der Waals surface area contributed by atoms with Gasteiger partial charge in [-0.15, -0.1) is 0 Å². The smallest absolute Gasteiger partial charge is 0.165 e. The second-order valence-corrected chi connectivity index (χ2v) is 3.72. The minimum Gasteiger partial charge on any atom is -0.508 e. The zero-order chi connectivity index (χ0) is 11.5. The molecule has 3 heteroatoms. The first-order chi connectivity index (χ1) is 7.70. The Hall–Kier alpha value is -1.90. The van der Waals surface area contributed by atoms with Gasteiger partial charge in [0.25, 0.3) is 0 Å². The fourth-order valence-corrected chi connectivity index (χ4v) is 1.76. The van der Waals surface area contributed by atoms with Gasteiger partial charge in [-0.1, -0.05) is 18.2 Å². The van der Waals surface area contributed by atoms with E-state index in [1.807, 2.05) is 31.2 Å². The molecule has 1 heterocycles. The highest BCUT2D eigenvalue weighted by Gasteiger charge is 2.24. The van der Waals surface area contributed by atoms with E-state index in [1.165, 1.54) is 6.07 Å². The van der Waals surface area contributed by atoms with Gasteiger partial charge in [-0.3, -0.25) is 0 Å². The summed E-state index contributed by atoms with van der Waals surface area (Å²) in [6.07, 6.45) is 8.29. The van der Waals surface area contributed by atoms with Gasteiger partial charge in [-0.25, -0.2) is 0 Å². The number of phenolic OH excluding ortho intramolecular Hbond substituents is 2. The summed E-state index contributed by atoms with van der Waals surface area (Å²) >= 11 is 0. The standard InChI is InChI=1S/C13H14O3/c1-2-3-4-5-11-7-9-6-10(14)8-12(15)13(9)16-11/h2-6,8,11,14-15H,7H2,1H3/b3-2+,5-4+/t11-/m1/s1. The summed E-state index contributed by atoms with van der Waals surface area (Å²) in [5.74, 6) is 0.544. The topological polar surface area (TPSA) is 49.7 Å². The van der Waals surface area contributed by atoms with E-state index >= 15 is 0 Å². The third kappa shape index (κ3) is 2.03. The normalized spacial score (nSPS) is 19.2. The number of hydrogen-bond acceptors (Lipinski definition) is 3. The van der Waals surface area contributed by atoms with Crippen molar-refractivity contribution in [1.29, 1.82) is 0 Å². The average molecular weight is 218 g/mol. The van der Waals surface area contributed by atoms with Gasteiger partial charge in [0.1, 0.15) is 11.9 Å². The van der Waals surface area contributed by atoms with E-state index in [0.29, 0.717) is 12.2 Å². The molecule has 1 aliphatic rings. The predicted molar refractivity (Wildman–Crippen MR) is 61.8 cm³/mol. The minimum absolute atomic E-state index is 0.00284. The lowest BCUT2D eigenvalue weighted by molar-refractivity contribution is 0.271. The fraction of sp³-hybridized carbons (Fsp3) is 0.231. The predicted octanol–water partition coefficient (Wildman–Crippen LogP) is 2.53. The van der Waals surface area contributed by atoms with Crippen LogP contribution in [0, 0.1) is 0 Å². The molecule has 2 rings (SSSR count). The number of benzene rings is 1. The Bertz CT molecular complexity index is 447. The number of allylic oxidation sites excluding steroid dienone is 3. The molecule has 0 aromatic heterocycles. The van der Waals surface area contributed by atoms with Crippen LogP contribution in [0.15, 0.2) is 36.4 Å². The molecule has 1 aliphatic heterocycles. The van der Waals surface area contributed by atoms with Crippen LogP contribution in [0.5, 0.6) is 17.2 Å². The van der Waals surface area contributed by atoms with Crippen molar-refractivity contribution in [3.05, 3.63) is 42.0 Å². The van der Waals surface area contributed by atoms with Crippen molar-refractivity contribution in [2.45, 2.75) is 19.4 Å². The average Bonchev–Trinajstić information content (AvgIpc) is 2.61. The Balaban J connectivity index is 2.18. The van der Waals surface area contributed by atoms with Crippen LogP contribution in [0.25, 0.3) is 0 Å². The molecule has 0 saturated carbocycles. The van der Waals surface area contributed by atoms with Crippen LogP contribution < -0.4 is 4.74 Å². The van der Waals surface area contributed by atoms with E-state index in [4.69, 9.17) is 4.74 Å². The first-order valence-electron chi connectivity index (χ1n) is 5.21. The summed E-state index contributed by atoms with van der Waals surface area (Å²) in [6.45, 7) is 1.94. The highest BCUT2D eigenvalue weighted by molar-refractivity contribution is 5.53. The lowest BCUT2D eigenvalue weighted by Gasteiger charge is -2.05. The number of ether oxygens (including phenoxy) is 1. The van der Waals surface area contributed by atoms with Crippen molar-refractivity contribution >= 4 is 0 Å². The molecule has 1 aromatic carbocycles. The Morgan fingerprint density at radius 2 is 2.12 bits per heavy atom. The third-order valence-electron chi connectivity index (χ3n) is 2.45. The first-order valence-corrected chi connectivity index (χ1v) is 5.21. The molecule has 0 saturated heterocycles. The second kappa shape index (κ2) is 4.31. The minimum atomic E-state index is -0.0705. The zero-order valence-corrected chi connectivity index (χ0v) is 9.05. The highest BCUT2D eigenvalue weighted by Crippen LogP contribution is 2.40. The van der Waals surface area contributed by atoms with E-state index in [2.05, 4.69) is 0 Å². The molecule has 3 nitrogen and oxygen atoms in total. The number of aromatic hydroxyl groups is 2. The van der Waals surface area contributed by atoms with Gasteiger partial charge in [0, 0.05) is 18.1 Å². The van der Waals surface area contributed by atoms with Gasteiger partial charge in [0.05, 0.1) is 0 Å². The van der Waals surface area contributed by atoms with Gasteiger partial charge in [-0.2, -0.15) is 0 Å². The van der Waals surface area contributed by atoms with Crippen LogP contribution in [0.1, 0.15) is 12.5 Å². The second-order valence-electron chi connectivity index (χ2n) is 3.72. The third-order valence-corrected chi connectivity index (χ3v) is 2.45. The fourth-order valence-electron chi connectivity index (χ4n) is 1.76. The highest BCUT2D eigenvalue weighted by atomic mass is 16.5. The lowest BCUT2D eigenvalue weighted by Crippen LogP contribution is -2.08. The van der Waals surface area contributed by atoms with Crippen molar-refractivity contribution in [2.75, 3.05) is 0 Å². The van der Waals surface area contributed by atoms with Gasteiger partial charge in [0.2, 0.25) is 0 Å². The van der Waals surface area contributed by atoms with Crippen molar-refractivity contribution in [1.82, 2.24) is 0 Å². The van der Waals surface area contributed by atoms with Gasteiger partial charge in [-0.05, 0) is 19.1 Å². The van der Waals surface area contributed by atoms with Crippen molar-refractivity contribution in [3.8, 4) is 17.2 Å². The maximum absolute atomic E-state index is 9.58. The molecule has 0 unspecified atom stereocenters. The monoisotopic (exact) mass is 218 g/mol. The quantitative estimate of drug-likeness (QED) is 0.750. The lowest BCUT2D eigenvalue weighted by atomic mass is 10.1. The van der Waals surface area contributed by atoms with E-state index in [0.717, 1.165) is 5.56 Å². The van der Waals surface area contributed by atoms with Crippen LogP contribution in [0.4, 0.5) is 0 Å². The molecule has 1 aromatic rings. The molecule has 0 aliphatic carbocycles. The van der Waals surface area contributed by atoms with E-state index in [1.54, 1.807) is 6.07 Å². The zero-order valence-electron chi connectivity index (χ0n) is 9.05. The summed E-state index contributed by atoms with van der Waals surface area (Å²) in [5.41, 5.74) is 0.840. The summed E-state index contributed by atoms with van der Waals surface area (Å²) in [4.78, 5) is 0. The van der Waals surface area contributed by atoms with Crippen LogP contribution in [-0.2, 0) is 6.42 Å². The molecule has 0 fully saturated rings. The largest absolute Gasteiger partial charge is 0.508 e. The van der Waals surface area contributed by atoms with Gasteiger partial charge < -0.3 is 14.9 Å². The number of hydrogen-bond donors (Lipinski definition) is 2. The Kier molecular flexibility index (Phi) is 2.86. The van der Waals surface area contributed by atoms with Crippen LogP contribution in [0.2, 0.25) is 0 Å². The summed E-state index contributed by atoms with van der Waals surface area (Å²) < 4.78 is 5.56. The summed E-state index contributed by atoms with van der Waals surface area (Å²) in [6, 6.07) is 2.91. The van der Waals surface area contributed by atoms with Crippen LogP contribution in [-0.4, -0.2) is 16.3 Å². The first kappa shape index (κ1) is 10.6. The maximum atomic E-state index is 9.58. The van der Waals surface area contributed by atoms with E-state index < -0.39 is 0 Å². The van der Waals surface area contributed by atoms with Gasteiger partial charge >= 0.3 is 0 Å². The van der Waals surface area contributed by atoms with E-state index in [-0.39, 0.29) is 17.6 Å². The molecule has 16 heavy (non-hydrogen) atoms. The molecule has 2 N–H and O–H groups in total. The van der Waals surface area contributed by atoms with Crippen LogP contribution in [0.3, 0.4) is 0 Å². The SMILES string of the molecule is C/C=C/C=C/[C@@H]1Cc2cc(O)cc(O)c2O1. The van der Waals surface area contributed by atoms with E-state index in [9.17, 15) is 10.2 Å². The Morgan fingerprint density at radius 1 is 1.31 bits per heavy atom. The number of phenols is 2. The molecule has 84 valence electrons. The molecule has 0 spiro atoms. The Morgan fingerprint density at radius 3 is 2.88 bits per heavy atom. The number of rotatable bonds is 2. The molecule has 0 bridgehead atoms. The van der Waals surface area contributed by atoms with Gasteiger partial charge in [0.15, 0.2) is 11.5 Å². The van der Waals surface area contributed by atoms with Crippen molar-refractivity contribution in [2.24, 2.45) is 0 Å². The van der Waals surface area contributed by atoms with Crippen molar-refractivity contribution in [3.63, 3.8) is 0 Å². The molecule has 0 radical (unpaired) electrons. The Labute approximate surface area is 94.3 Å². The molecular weight excluding hydrogens is 204 g/mol. The molecular formula is C13H14O3. The van der Waals surface area contributed by atoms with Crippen molar-refractivity contribution < 1.29 is 14.9 Å². The maximum Gasteiger partial charge on any atom is 0.165 e. The molecule has 0 amide bonds.